The van der Waals surface area contributed by atoms with Gasteiger partial charge >= 0.3 is 0 Å². The van der Waals surface area contributed by atoms with Crippen LogP contribution in [-0.2, 0) is 9.59 Å². The smallest absolute Gasteiger partial charge is 0.230 e. The number of hydrogen-bond acceptors (Lipinski definition) is 2. The van der Waals surface area contributed by atoms with Gasteiger partial charge in [-0.15, -0.1) is 0 Å². The number of amides is 2. The number of nitrogens with zero attached hydrogens (tertiary/aromatic N) is 1. The van der Waals surface area contributed by atoms with E-state index in [-0.39, 0.29) is 23.7 Å². The summed E-state index contributed by atoms with van der Waals surface area (Å²) in [6.07, 6.45) is 5.57. The summed E-state index contributed by atoms with van der Waals surface area (Å²) in [6, 6.07) is 8.54. The van der Waals surface area contributed by atoms with Crippen molar-refractivity contribution in [3.63, 3.8) is 0 Å². The second-order valence-electron chi connectivity index (χ2n) is 7.25. The molecule has 0 spiro atoms. The molecule has 0 atom stereocenters. The van der Waals surface area contributed by atoms with E-state index < -0.39 is 0 Å². The fourth-order valence-electron chi connectivity index (χ4n) is 3.63. The lowest BCUT2D eigenvalue weighted by atomic mass is 9.80. The summed E-state index contributed by atoms with van der Waals surface area (Å²) in [4.78, 5) is 27.0. The van der Waals surface area contributed by atoms with Crippen molar-refractivity contribution in [2.24, 2.45) is 11.8 Å². The van der Waals surface area contributed by atoms with Crippen molar-refractivity contribution in [3.05, 3.63) is 29.8 Å². The van der Waals surface area contributed by atoms with E-state index >= 15 is 0 Å². The average Bonchev–Trinajstić information content (AvgIpc) is 3.39. The highest BCUT2D eigenvalue weighted by Gasteiger charge is 2.34. The highest BCUT2D eigenvalue weighted by atomic mass is 16.2. The first-order valence-corrected chi connectivity index (χ1v) is 9.27. The first kappa shape index (κ1) is 17.0. The summed E-state index contributed by atoms with van der Waals surface area (Å²) in [7, 11) is 0. The zero-order chi connectivity index (χ0) is 17.1. The SMILES string of the molecule is CCN(C(=O)C1CCC(C(=O)NC2CC2)CC1)c1cccc(C)c1. The highest BCUT2D eigenvalue weighted by molar-refractivity contribution is 5.95. The molecule has 1 N–H and O–H groups in total. The van der Waals surface area contributed by atoms with E-state index in [0.717, 1.165) is 44.2 Å². The molecule has 2 aliphatic rings. The van der Waals surface area contributed by atoms with Crippen molar-refractivity contribution >= 4 is 17.5 Å². The lowest BCUT2D eigenvalue weighted by Crippen LogP contribution is -2.40. The molecule has 0 bridgehead atoms. The second kappa shape index (κ2) is 7.37. The maximum atomic E-state index is 12.9. The third-order valence-electron chi connectivity index (χ3n) is 5.27. The van der Waals surface area contributed by atoms with Gasteiger partial charge in [-0.3, -0.25) is 9.59 Å². The average molecular weight is 328 g/mol. The molecule has 1 aromatic carbocycles. The summed E-state index contributed by atoms with van der Waals surface area (Å²) in [6.45, 7) is 4.75. The molecule has 2 fully saturated rings. The summed E-state index contributed by atoms with van der Waals surface area (Å²) in [5.41, 5.74) is 2.15. The van der Waals surface area contributed by atoms with Crippen LogP contribution in [0.1, 0.15) is 51.0 Å². The van der Waals surface area contributed by atoms with Crippen LogP contribution < -0.4 is 10.2 Å². The van der Waals surface area contributed by atoms with Gasteiger partial charge in [0.15, 0.2) is 0 Å². The molecule has 0 saturated heterocycles. The Morgan fingerprint density at radius 1 is 1.08 bits per heavy atom. The highest BCUT2D eigenvalue weighted by Crippen LogP contribution is 2.32. The minimum absolute atomic E-state index is 0.0513. The molecular formula is C20H28N2O2. The fraction of sp³-hybridized carbons (Fsp3) is 0.600. The third kappa shape index (κ3) is 3.97. The van der Waals surface area contributed by atoms with Crippen molar-refractivity contribution in [2.45, 2.75) is 58.4 Å². The van der Waals surface area contributed by atoms with Crippen molar-refractivity contribution in [1.82, 2.24) is 5.32 Å². The minimum Gasteiger partial charge on any atom is -0.353 e. The molecule has 2 aliphatic carbocycles. The van der Waals surface area contributed by atoms with Gasteiger partial charge in [0.2, 0.25) is 11.8 Å². The Morgan fingerprint density at radius 3 is 2.33 bits per heavy atom. The number of carbonyl (C=O) groups is 2. The van der Waals surface area contributed by atoms with Gasteiger partial charge < -0.3 is 10.2 Å². The van der Waals surface area contributed by atoms with E-state index in [1.165, 1.54) is 5.56 Å². The molecule has 2 amide bonds. The van der Waals surface area contributed by atoms with Crippen LogP contribution >= 0.6 is 0 Å². The van der Waals surface area contributed by atoms with Crippen LogP contribution in [0.15, 0.2) is 24.3 Å². The molecule has 4 nitrogen and oxygen atoms in total. The molecule has 24 heavy (non-hydrogen) atoms. The molecule has 0 aromatic heterocycles. The third-order valence-corrected chi connectivity index (χ3v) is 5.27. The molecule has 0 aliphatic heterocycles. The van der Waals surface area contributed by atoms with E-state index in [2.05, 4.69) is 11.4 Å². The Kier molecular flexibility index (Phi) is 5.22. The zero-order valence-electron chi connectivity index (χ0n) is 14.8. The van der Waals surface area contributed by atoms with Gasteiger partial charge in [0, 0.05) is 30.1 Å². The quantitative estimate of drug-likeness (QED) is 0.900. The largest absolute Gasteiger partial charge is 0.353 e. The molecular weight excluding hydrogens is 300 g/mol. The van der Waals surface area contributed by atoms with Crippen LogP contribution in [0, 0.1) is 18.8 Å². The predicted molar refractivity (Wildman–Crippen MR) is 95.8 cm³/mol. The molecule has 4 heteroatoms. The number of carbonyl (C=O) groups excluding carboxylic acids is 2. The Bertz CT molecular complexity index is 601. The second-order valence-corrected chi connectivity index (χ2v) is 7.25. The lowest BCUT2D eigenvalue weighted by molar-refractivity contribution is -0.129. The number of benzene rings is 1. The molecule has 1 aromatic rings. The standard InChI is InChI=1S/C20H28N2O2/c1-3-22(18-6-4-5-14(2)13-18)20(24)16-9-7-15(8-10-16)19(23)21-17-11-12-17/h4-6,13,15-17H,3,7-12H2,1-2H3,(H,21,23). The van der Waals surface area contributed by atoms with Crippen LogP contribution in [-0.4, -0.2) is 24.4 Å². The van der Waals surface area contributed by atoms with Gasteiger partial charge in [-0.05, 0) is 70.1 Å². The van der Waals surface area contributed by atoms with E-state index in [0.29, 0.717) is 12.6 Å². The van der Waals surface area contributed by atoms with Crippen LogP contribution in [0.25, 0.3) is 0 Å². The lowest BCUT2D eigenvalue weighted by Gasteiger charge is -2.31. The summed E-state index contributed by atoms with van der Waals surface area (Å²) < 4.78 is 0. The van der Waals surface area contributed by atoms with Gasteiger partial charge in [0.25, 0.3) is 0 Å². The van der Waals surface area contributed by atoms with Crippen molar-refractivity contribution in [2.75, 3.05) is 11.4 Å². The van der Waals surface area contributed by atoms with E-state index in [4.69, 9.17) is 0 Å². The summed E-state index contributed by atoms with van der Waals surface area (Å²) in [5.74, 6) is 0.567. The van der Waals surface area contributed by atoms with Crippen molar-refractivity contribution in [1.29, 1.82) is 0 Å². The predicted octanol–water partition coefficient (Wildman–Crippen LogP) is 3.43. The summed E-state index contributed by atoms with van der Waals surface area (Å²) in [5, 5.41) is 3.10. The van der Waals surface area contributed by atoms with Crippen LogP contribution in [0.4, 0.5) is 5.69 Å². The van der Waals surface area contributed by atoms with Crippen LogP contribution in [0.5, 0.6) is 0 Å². The maximum Gasteiger partial charge on any atom is 0.230 e. The molecule has 2 saturated carbocycles. The normalized spacial score (nSPS) is 23.6. The van der Waals surface area contributed by atoms with Crippen molar-refractivity contribution in [3.8, 4) is 0 Å². The molecule has 130 valence electrons. The Hall–Kier alpha value is -1.84. The zero-order valence-corrected chi connectivity index (χ0v) is 14.8. The first-order chi connectivity index (χ1) is 11.6. The monoisotopic (exact) mass is 328 g/mol. The Labute approximate surface area is 144 Å². The molecule has 3 rings (SSSR count). The Balaban J connectivity index is 1.58. The van der Waals surface area contributed by atoms with Gasteiger partial charge in [0.05, 0.1) is 0 Å². The topological polar surface area (TPSA) is 49.4 Å². The fourth-order valence-corrected chi connectivity index (χ4v) is 3.63. The van der Waals surface area contributed by atoms with Gasteiger partial charge in [-0.25, -0.2) is 0 Å². The van der Waals surface area contributed by atoms with Gasteiger partial charge in [0.1, 0.15) is 0 Å². The van der Waals surface area contributed by atoms with Crippen LogP contribution in [0.3, 0.4) is 0 Å². The molecule has 0 radical (unpaired) electrons. The minimum atomic E-state index is 0.0513. The summed E-state index contributed by atoms with van der Waals surface area (Å²) >= 11 is 0. The van der Waals surface area contributed by atoms with Crippen molar-refractivity contribution < 1.29 is 9.59 Å². The number of anilines is 1. The van der Waals surface area contributed by atoms with Crippen LogP contribution in [0.2, 0.25) is 0 Å². The van der Waals surface area contributed by atoms with E-state index in [1.807, 2.05) is 36.9 Å². The Morgan fingerprint density at radius 2 is 1.75 bits per heavy atom. The van der Waals surface area contributed by atoms with Gasteiger partial charge in [-0.1, -0.05) is 12.1 Å². The first-order valence-electron chi connectivity index (χ1n) is 9.27. The maximum absolute atomic E-state index is 12.9. The van der Waals surface area contributed by atoms with Gasteiger partial charge in [-0.2, -0.15) is 0 Å². The van der Waals surface area contributed by atoms with E-state index in [1.54, 1.807) is 0 Å². The molecule has 0 heterocycles. The number of nitrogens with one attached hydrogen (secondary N) is 1. The number of aryl methyl sites for hydroxylation is 1. The molecule has 0 unspecified atom stereocenters. The number of hydrogen-bond donors (Lipinski definition) is 1. The number of rotatable bonds is 5. The van der Waals surface area contributed by atoms with E-state index in [9.17, 15) is 9.59 Å².